The van der Waals surface area contributed by atoms with Crippen molar-refractivity contribution in [1.82, 2.24) is 0 Å². The summed E-state index contributed by atoms with van der Waals surface area (Å²) in [6, 6.07) is 0. The van der Waals surface area contributed by atoms with Gasteiger partial charge in [-0.15, -0.1) is 0 Å². The van der Waals surface area contributed by atoms with Gasteiger partial charge in [-0.1, -0.05) is 20.8 Å². The van der Waals surface area contributed by atoms with Crippen LogP contribution in [-0.2, 0) is 9.47 Å². The minimum atomic E-state index is -0.177. The molecule has 72 valence electrons. The van der Waals surface area contributed by atoms with Gasteiger partial charge in [-0.3, -0.25) is 0 Å². The van der Waals surface area contributed by atoms with Crippen LogP contribution in [0.4, 0.5) is 0 Å². The largest absolute Gasteiger partial charge is 0.394 e. The molecule has 1 aliphatic rings. The van der Waals surface area contributed by atoms with Crippen LogP contribution in [0.5, 0.6) is 0 Å². The highest BCUT2D eigenvalue weighted by Gasteiger charge is 2.31. The maximum absolute atomic E-state index is 8.89. The predicted octanol–water partition coefficient (Wildman–Crippen LogP) is 1.16. The molecule has 0 amide bonds. The quantitative estimate of drug-likeness (QED) is 0.648. The lowest BCUT2D eigenvalue weighted by Crippen LogP contribution is -2.41. The Kier molecular flexibility index (Phi) is 3.09. The molecule has 0 saturated carbocycles. The summed E-state index contributed by atoms with van der Waals surface area (Å²) >= 11 is 0. The molecule has 0 aromatic rings. The lowest BCUT2D eigenvalue weighted by Gasteiger charge is -2.37. The SMILES string of the molecule is CC(C)(C)[C@@H]1OCC[C@H](CO)O1. The fourth-order valence-corrected chi connectivity index (χ4v) is 1.18. The molecule has 1 aliphatic heterocycles. The molecule has 0 aliphatic carbocycles. The van der Waals surface area contributed by atoms with Crippen molar-refractivity contribution in [2.24, 2.45) is 5.41 Å². The van der Waals surface area contributed by atoms with Gasteiger partial charge in [0.15, 0.2) is 6.29 Å². The van der Waals surface area contributed by atoms with Crippen LogP contribution in [-0.4, -0.2) is 30.7 Å². The van der Waals surface area contributed by atoms with Gasteiger partial charge in [0, 0.05) is 5.41 Å². The molecule has 0 unspecified atom stereocenters. The molecule has 0 radical (unpaired) electrons. The van der Waals surface area contributed by atoms with E-state index >= 15 is 0 Å². The first-order valence-electron chi connectivity index (χ1n) is 4.42. The van der Waals surface area contributed by atoms with E-state index in [0.717, 1.165) is 6.42 Å². The molecule has 0 spiro atoms. The first-order valence-corrected chi connectivity index (χ1v) is 4.42. The number of hydrogen-bond donors (Lipinski definition) is 1. The van der Waals surface area contributed by atoms with Crippen LogP contribution in [0.1, 0.15) is 27.2 Å². The Morgan fingerprint density at radius 1 is 1.42 bits per heavy atom. The van der Waals surface area contributed by atoms with Crippen molar-refractivity contribution in [2.75, 3.05) is 13.2 Å². The summed E-state index contributed by atoms with van der Waals surface area (Å²) in [7, 11) is 0. The second kappa shape index (κ2) is 3.73. The van der Waals surface area contributed by atoms with Gasteiger partial charge in [-0.2, -0.15) is 0 Å². The van der Waals surface area contributed by atoms with E-state index in [1.165, 1.54) is 0 Å². The van der Waals surface area contributed by atoms with Crippen LogP contribution in [0.2, 0.25) is 0 Å². The van der Waals surface area contributed by atoms with Crippen molar-refractivity contribution < 1.29 is 14.6 Å². The second-order valence-electron chi connectivity index (χ2n) is 4.30. The normalized spacial score (nSPS) is 32.0. The van der Waals surface area contributed by atoms with Crippen molar-refractivity contribution in [1.29, 1.82) is 0 Å². The van der Waals surface area contributed by atoms with E-state index in [1.54, 1.807) is 0 Å². The summed E-state index contributed by atoms with van der Waals surface area (Å²) in [6.07, 6.45) is 0.578. The van der Waals surface area contributed by atoms with Crippen molar-refractivity contribution in [2.45, 2.75) is 39.6 Å². The van der Waals surface area contributed by atoms with Gasteiger partial charge in [-0.25, -0.2) is 0 Å². The lowest BCUT2D eigenvalue weighted by molar-refractivity contribution is -0.257. The molecule has 3 heteroatoms. The summed E-state index contributed by atoms with van der Waals surface area (Å²) in [6.45, 7) is 6.98. The number of hydrogen-bond acceptors (Lipinski definition) is 3. The average molecular weight is 174 g/mol. The average Bonchev–Trinajstić information content (AvgIpc) is 2.03. The van der Waals surface area contributed by atoms with Crippen LogP contribution in [0.3, 0.4) is 0 Å². The summed E-state index contributed by atoms with van der Waals surface area (Å²) in [5, 5.41) is 8.89. The fourth-order valence-electron chi connectivity index (χ4n) is 1.18. The van der Waals surface area contributed by atoms with Gasteiger partial charge in [0.25, 0.3) is 0 Å². The Balaban J connectivity index is 2.46. The molecule has 1 N–H and O–H groups in total. The Labute approximate surface area is 73.7 Å². The Bertz CT molecular complexity index is 139. The van der Waals surface area contributed by atoms with E-state index in [2.05, 4.69) is 20.8 Å². The molecule has 0 bridgehead atoms. The summed E-state index contributed by atoms with van der Waals surface area (Å²) in [5.74, 6) is 0. The van der Waals surface area contributed by atoms with E-state index in [4.69, 9.17) is 14.6 Å². The highest BCUT2D eigenvalue weighted by molar-refractivity contribution is 4.72. The molecule has 1 heterocycles. The van der Waals surface area contributed by atoms with E-state index in [9.17, 15) is 0 Å². The second-order valence-corrected chi connectivity index (χ2v) is 4.30. The molecule has 1 rings (SSSR count). The third-order valence-corrected chi connectivity index (χ3v) is 1.94. The zero-order valence-corrected chi connectivity index (χ0v) is 8.04. The molecular weight excluding hydrogens is 156 g/mol. The highest BCUT2D eigenvalue weighted by atomic mass is 16.7. The van der Waals surface area contributed by atoms with E-state index in [1.807, 2.05) is 0 Å². The molecule has 1 saturated heterocycles. The van der Waals surface area contributed by atoms with E-state index < -0.39 is 0 Å². The Morgan fingerprint density at radius 3 is 2.58 bits per heavy atom. The molecule has 3 nitrogen and oxygen atoms in total. The molecule has 1 fully saturated rings. The van der Waals surface area contributed by atoms with Crippen molar-refractivity contribution in [3.05, 3.63) is 0 Å². The maximum atomic E-state index is 8.89. The van der Waals surface area contributed by atoms with E-state index in [-0.39, 0.29) is 24.4 Å². The van der Waals surface area contributed by atoms with Crippen molar-refractivity contribution in [3.63, 3.8) is 0 Å². The van der Waals surface area contributed by atoms with Gasteiger partial charge in [0.2, 0.25) is 0 Å². The van der Waals surface area contributed by atoms with Gasteiger partial charge in [-0.05, 0) is 6.42 Å². The van der Waals surface area contributed by atoms with Crippen LogP contribution >= 0.6 is 0 Å². The lowest BCUT2D eigenvalue weighted by atomic mass is 9.95. The van der Waals surface area contributed by atoms with Crippen molar-refractivity contribution >= 4 is 0 Å². The zero-order valence-electron chi connectivity index (χ0n) is 8.04. The molecular formula is C9H18O3. The van der Waals surface area contributed by atoms with Crippen LogP contribution in [0.15, 0.2) is 0 Å². The standard InChI is InChI=1S/C9H18O3/c1-9(2,3)8-11-5-4-7(6-10)12-8/h7-8,10H,4-6H2,1-3H3/t7-,8-/m1/s1. The summed E-state index contributed by atoms with van der Waals surface area (Å²) < 4.78 is 11.0. The topological polar surface area (TPSA) is 38.7 Å². The molecule has 12 heavy (non-hydrogen) atoms. The summed E-state index contributed by atoms with van der Waals surface area (Å²) in [5.41, 5.74) is -0.00611. The minimum absolute atomic E-state index is 0.00611. The Morgan fingerprint density at radius 2 is 2.08 bits per heavy atom. The third-order valence-electron chi connectivity index (χ3n) is 1.94. The smallest absolute Gasteiger partial charge is 0.162 e. The van der Waals surface area contributed by atoms with Crippen molar-refractivity contribution in [3.8, 4) is 0 Å². The third kappa shape index (κ3) is 2.44. The number of aliphatic hydroxyl groups is 1. The molecule has 0 aromatic heterocycles. The van der Waals surface area contributed by atoms with Crippen LogP contribution in [0.25, 0.3) is 0 Å². The predicted molar refractivity (Wildman–Crippen MR) is 45.8 cm³/mol. The Hall–Kier alpha value is -0.120. The first-order chi connectivity index (χ1) is 5.54. The number of aliphatic hydroxyl groups excluding tert-OH is 1. The van der Waals surface area contributed by atoms with Gasteiger partial charge < -0.3 is 14.6 Å². The van der Waals surface area contributed by atoms with Crippen LogP contribution < -0.4 is 0 Å². The molecule has 2 atom stereocenters. The van der Waals surface area contributed by atoms with Gasteiger partial charge >= 0.3 is 0 Å². The maximum Gasteiger partial charge on any atom is 0.162 e. The van der Waals surface area contributed by atoms with Gasteiger partial charge in [0.1, 0.15) is 0 Å². The summed E-state index contributed by atoms with van der Waals surface area (Å²) in [4.78, 5) is 0. The highest BCUT2D eigenvalue weighted by Crippen LogP contribution is 2.27. The first kappa shape index (κ1) is 9.96. The monoisotopic (exact) mass is 174 g/mol. The fraction of sp³-hybridized carbons (Fsp3) is 1.00. The zero-order chi connectivity index (χ0) is 9.19. The van der Waals surface area contributed by atoms with Gasteiger partial charge in [0.05, 0.1) is 19.3 Å². The molecule has 0 aromatic carbocycles. The minimum Gasteiger partial charge on any atom is -0.394 e. The van der Waals surface area contributed by atoms with Crippen LogP contribution in [0, 0.1) is 5.41 Å². The number of rotatable bonds is 1. The van der Waals surface area contributed by atoms with E-state index in [0.29, 0.717) is 6.61 Å². The number of ether oxygens (including phenoxy) is 2.